The molecule has 0 bridgehead atoms. The van der Waals surface area contributed by atoms with Crippen LogP contribution in [0.4, 0.5) is 0 Å². The van der Waals surface area contributed by atoms with Gasteiger partial charge >= 0.3 is 0 Å². The van der Waals surface area contributed by atoms with Gasteiger partial charge in [-0.2, -0.15) is 5.10 Å². The van der Waals surface area contributed by atoms with E-state index in [0.717, 1.165) is 24.8 Å². The van der Waals surface area contributed by atoms with Gasteiger partial charge in [0.1, 0.15) is 19.8 Å². The van der Waals surface area contributed by atoms with Gasteiger partial charge in [-0.1, -0.05) is 43.3 Å². The third-order valence-electron chi connectivity index (χ3n) is 4.28. The zero-order chi connectivity index (χ0) is 18.1. The molecule has 0 spiro atoms. The molecule has 0 saturated heterocycles. The van der Waals surface area contributed by atoms with Gasteiger partial charge in [0.25, 0.3) is 0 Å². The number of rotatable bonds is 10. The van der Waals surface area contributed by atoms with Crippen molar-refractivity contribution in [3.05, 3.63) is 48.0 Å². The molecule has 1 unspecified atom stereocenters. The lowest BCUT2D eigenvalue weighted by Gasteiger charge is -2.29. The Morgan fingerprint density at radius 3 is 2.64 bits per heavy atom. The molecule has 0 radical (unpaired) electrons. The Balaban J connectivity index is 1.99. The van der Waals surface area contributed by atoms with Crippen LogP contribution in [0.25, 0.3) is 0 Å². The monoisotopic (exact) mass is 344 g/mol. The van der Waals surface area contributed by atoms with E-state index in [-0.39, 0.29) is 0 Å². The first-order valence-corrected chi connectivity index (χ1v) is 8.71. The molecule has 2 aromatic rings. The van der Waals surface area contributed by atoms with Crippen molar-refractivity contribution in [3.63, 3.8) is 0 Å². The lowest BCUT2D eigenvalue weighted by atomic mass is 9.87. The SMILES string of the molecule is CON=Cc1ccc(CCC(O)(CCC(C)C)Cn2cncn2)cc1. The van der Waals surface area contributed by atoms with Crippen LogP contribution in [0, 0.1) is 5.92 Å². The fourth-order valence-corrected chi connectivity index (χ4v) is 2.72. The highest BCUT2D eigenvalue weighted by atomic mass is 16.6. The molecule has 1 heterocycles. The van der Waals surface area contributed by atoms with E-state index in [1.807, 2.05) is 12.1 Å². The summed E-state index contributed by atoms with van der Waals surface area (Å²) in [6.07, 6.45) is 8.07. The molecule has 6 nitrogen and oxygen atoms in total. The first-order chi connectivity index (χ1) is 12.0. The van der Waals surface area contributed by atoms with E-state index in [4.69, 9.17) is 0 Å². The van der Waals surface area contributed by atoms with E-state index >= 15 is 0 Å². The Labute approximate surface area is 149 Å². The molecular weight excluding hydrogens is 316 g/mol. The molecule has 0 aliphatic carbocycles. The highest BCUT2D eigenvalue weighted by Gasteiger charge is 2.27. The Hall–Kier alpha value is -2.21. The standard InChI is InChI=1S/C19H28N4O2/c1-16(2)8-10-19(24,13-23-15-20-14-21-23)11-9-17-4-6-18(7-5-17)12-22-25-3/h4-7,12,14-16,24H,8-11,13H2,1-3H3. The van der Waals surface area contributed by atoms with Crippen molar-refractivity contribution in [2.45, 2.75) is 51.7 Å². The maximum Gasteiger partial charge on any atom is 0.137 e. The van der Waals surface area contributed by atoms with Crippen LogP contribution in [0.1, 0.15) is 44.2 Å². The Morgan fingerprint density at radius 1 is 1.28 bits per heavy atom. The van der Waals surface area contributed by atoms with E-state index in [1.165, 1.54) is 19.0 Å². The van der Waals surface area contributed by atoms with Gasteiger partial charge in [-0.3, -0.25) is 4.68 Å². The van der Waals surface area contributed by atoms with Crippen LogP contribution in [0.2, 0.25) is 0 Å². The fraction of sp³-hybridized carbons (Fsp3) is 0.526. The lowest BCUT2D eigenvalue weighted by molar-refractivity contribution is -0.00144. The van der Waals surface area contributed by atoms with Gasteiger partial charge in [-0.25, -0.2) is 4.98 Å². The van der Waals surface area contributed by atoms with Crippen molar-refractivity contribution in [1.82, 2.24) is 14.8 Å². The zero-order valence-corrected chi connectivity index (χ0v) is 15.3. The molecular formula is C19H28N4O2. The van der Waals surface area contributed by atoms with Gasteiger partial charge in [-0.15, -0.1) is 0 Å². The largest absolute Gasteiger partial charge is 0.399 e. The highest BCUT2D eigenvalue weighted by Crippen LogP contribution is 2.24. The molecule has 0 fully saturated rings. The summed E-state index contributed by atoms with van der Waals surface area (Å²) in [5.74, 6) is 0.557. The Bertz CT molecular complexity index is 638. The lowest BCUT2D eigenvalue weighted by Crippen LogP contribution is -2.35. The number of aliphatic hydroxyl groups is 1. The number of hydrogen-bond acceptors (Lipinski definition) is 5. The molecule has 0 aliphatic rings. The van der Waals surface area contributed by atoms with Gasteiger partial charge < -0.3 is 9.94 Å². The quantitative estimate of drug-likeness (QED) is 0.531. The predicted molar refractivity (Wildman–Crippen MR) is 98.4 cm³/mol. The number of nitrogens with zero attached hydrogens (tertiary/aromatic N) is 4. The van der Waals surface area contributed by atoms with Gasteiger partial charge in [0.05, 0.1) is 18.4 Å². The van der Waals surface area contributed by atoms with Crippen molar-refractivity contribution in [2.75, 3.05) is 7.11 Å². The molecule has 25 heavy (non-hydrogen) atoms. The van der Waals surface area contributed by atoms with Crippen LogP contribution in [-0.4, -0.2) is 38.8 Å². The number of hydrogen-bond donors (Lipinski definition) is 1. The van der Waals surface area contributed by atoms with E-state index in [0.29, 0.717) is 18.9 Å². The van der Waals surface area contributed by atoms with Crippen molar-refractivity contribution >= 4 is 6.21 Å². The number of aromatic nitrogens is 3. The molecule has 0 saturated carbocycles. The number of aryl methyl sites for hydroxylation is 1. The Kier molecular flexibility index (Phi) is 7.13. The predicted octanol–water partition coefficient (Wildman–Crippen LogP) is 3.06. The van der Waals surface area contributed by atoms with E-state index in [9.17, 15) is 5.11 Å². The van der Waals surface area contributed by atoms with Crippen molar-refractivity contribution in [1.29, 1.82) is 0 Å². The van der Waals surface area contributed by atoms with Crippen LogP contribution >= 0.6 is 0 Å². The maximum absolute atomic E-state index is 11.1. The second kappa shape index (κ2) is 9.32. The average Bonchev–Trinajstić information content (AvgIpc) is 3.10. The summed E-state index contributed by atoms with van der Waals surface area (Å²) >= 11 is 0. The molecule has 2 rings (SSSR count). The molecule has 0 amide bonds. The van der Waals surface area contributed by atoms with Crippen LogP contribution in [0.5, 0.6) is 0 Å². The summed E-state index contributed by atoms with van der Waals surface area (Å²) in [5, 5.41) is 19.0. The minimum atomic E-state index is -0.784. The summed E-state index contributed by atoms with van der Waals surface area (Å²) in [7, 11) is 1.53. The number of oxime groups is 1. The summed E-state index contributed by atoms with van der Waals surface area (Å²) in [4.78, 5) is 8.66. The maximum atomic E-state index is 11.1. The first-order valence-electron chi connectivity index (χ1n) is 8.71. The molecule has 1 atom stereocenters. The van der Waals surface area contributed by atoms with Crippen LogP contribution in [0.15, 0.2) is 42.1 Å². The molecule has 0 aliphatic heterocycles. The van der Waals surface area contributed by atoms with Crippen LogP contribution in [-0.2, 0) is 17.8 Å². The molecule has 136 valence electrons. The molecule has 1 aromatic carbocycles. The summed E-state index contributed by atoms with van der Waals surface area (Å²) in [5.41, 5.74) is 1.40. The zero-order valence-electron chi connectivity index (χ0n) is 15.3. The highest BCUT2D eigenvalue weighted by molar-refractivity contribution is 5.79. The van der Waals surface area contributed by atoms with Gasteiger partial charge in [0, 0.05) is 0 Å². The molecule has 1 N–H and O–H groups in total. The van der Waals surface area contributed by atoms with Crippen molar-refractivity contribution < 1.29 is 9.94 Å². The van der Waals surface area contributed by atoms with Gasteiger partial charge in [0.2, 0.25) is 0 Å². The molecule has 1 aromatic heterocycles. The Morgan fingerprint density at radius 2 is 2.04 bits per heavy atom. The van der Waals surface area contributed by atoms with Crippen molar-refractivity contribution in [3.8, 4) is 0 Å². The second-order valence-electron chi connectivity index (χ2n) is 6.91. The summed E-state index contributed by atoms with van der Waals surface area (Å²) < 4.78 is 1.71. The third-order valence-corrected chi connectivity index (χ3v) is 4.28. The van der Waals surface area contributed by atoms with Crippen molar-refractivity contribution in [2.24, 2.45) is 11.1 Å². The van der Waals surface area contributed by atoms with E-state index < -0.39 is 5.60 Å². The van der Waals surface area contributed by atoms with Gasteiger partial charge in [-0.05, 0) is 42.7 Å². The smallest absolute Gasteiger partial charge is 0.137 e. The minimum Gasteiger partial charge on any atom is -0.399 e. The van der Waals surface area contributed by atoms with Crippen LogP contribution < -0.4 is 0 Å². The topological polar surface area (TPSA) is 72.5 Å². The first kappa shape index (κ1) is 19.1. The second-order valence-corrected chi connectivity index (χ2v) is 6.91. The number of benzene rings is 1. The van der Waals surface area contributed by atoms with Crippen LogP contribution in [0.3, 0.4) is 0 Å². The van der Waals surface area contributed by atoms with E-state index in [1.54, 1.807) is 17.2 Å². The fourth-order valence-electron chi connectivity index (χ4n) is 2.72. The summed E-state index contributed by atoms with van der Waals surface area (Å²) in [6.45, 7) is 4.82. The molecule has 6 heteroatoms. The normalized spacial score (nSPS) is 14.1. The minimum absolute atomic E-state index is 0.471. The average molecular weight is 344 g/mol. The summed E-state index contributed by atoms with van der Waals surface area (Å²) in [6, 6.07) is 8.13. The third kappa shape index (κ3) is 6.66. The van der Waals surface area contributed by atoms with E-state index in [2.05, 4.69) is 46.1 Å². The van der Waals surface area contributed by atoms with Gasteiger partial charge in [0.15, 0.2) is 0 Å².